The van der Waals surface area contributed by atoms with Gasteiger partial charge < -0.3 is 9.47 Å². The minimum absolute atomic E-state index is 0.0984. The van der Waals surface area contributed by atoms with Gasteiger partial charge in [0.05, 0.1) is 12.2 Å². The Labute approximate surface area is 61.8 Å². The fourth-order valence-electron chi connectivity index (χ4n) is 1.12. The molecule has 0 unspecified atom stereocenters. The third-order valence-electron chi connectivity index (χ3n) is 1.80. The Morgan fingerprint density at radius 2 is 2.30 bits per heavy atom. The first kappa shape index (κ1) is 7.76. The summed E-state index contributed by atoms with van der Waals surface area (Å²) < 4.78 is 10.7. The number of methoxy groups -OCH3 is 1. The Morgan fingerprint density at radius 3 is 2.70 bits per heavy atom. The van der Waals surface area contributed by atoms with Crippen molar-refractivity contribution in [3.05, 3.63) is 12.2 Å². The molecule has 1 heterocycles. The van der Waals surface area contributed by atoms with Crippen LogP contribution in [-0.2, 0) is 9.47 Å². The third-order valence-corrected chi connectivity index (χ3v) is 1.80. The lowest BCUT2D eigenvalue weighted by Crippen LogP contribution is -2.41. The first-order valence-electron chi connectivity index (χ1n) is 3.50. The topological polar surface area (TPSA) is 18.5 Å². The van der Waals surface area contributed by atoms with E-state index in [1.54, 1.807) is 7.11 Å². The molecule has 2 nitrogen and oxygen atoms in total. The second-order valence-corrected chi connectivity index (χ2v) is 3.00. The number of hydrogen-bond acceptors (Lipinski definition) is 2. The van der Waals surface area contributed by atoms with Crippen molar-refractivity contribution in [1.29, 1.82) is 0 Å². The molecule has 2 heteroatoms. The molecule has 0 spiro atoms. The monoisotopic (exact) mass is 142 g/mol. The molecule has 0 aromatic rings. The maximum atomic E-state index is 5.46. The largest absolute Gasteiger partial charge is 0.374 e. The average molecular weight is 142 g/mol. The van der Waals surface area contributed by atoms with Gasteiger partial charge in [0.25, 0.3) is 0 Å². The van der Waals surface area contributed by atoms with E-state index in [9.17, 15) is 0 Å². The maximum absolute atomic E-state index is 5.46. The molecule has 0 saturated carbocycles. The smallest absolute Gasteiger partial charge is 0.104 e. The van der Waals surface area contributed by atoms with E-state index in [-0.39, 0.29) is 11.7 Å². The van der Waals surface area contributed by atoms with E-state index in [0.717, 1.165) is 0 Å². The van der Waals surface area contributed by atoms with Crippen molar-refractivity contribution in [2.45, 2.75) is 25.6 Å². The molecule has 0 radical (unpaired) electrons. The van der Waals surface area contributed by atoms with Gasteiger partial charge in [-0.3, -0.25) is 0 Å². The van der Waals surface area contributed by atoms with E-state index in [1.807, 2.05) is 26.0 Å². The predicted molar refractivity (Wildman–Crippen MR) is 40.0 cm³/mol. The summed E-state index contributed by atoms with van der Waals surface area (Å²) in [7, 11) is 1.70. The van der Waals surface area contributed by atoms with E-state index in [1.165, 1.54) is 0 Å². The lowest BCUT2D eigenvalue weighted by atomic mass is 9.99. The van der Waals surface area contributed by atoms with E-state index >= 15 is 0 Å². The second-order valence-electron chi connectivity index (χ2n) is 3.00. The Hall–Kier alpha value is -0.340. The molecule has 0 fully saturated rings. The molecule has 58 valence electrons. The first-order valence-corrected chi connectivity index (χ1v) is 3.50. The van der Waals surface area contributed by atoms with Crippen LogP contribution in [0.1, 0.15) is 13.8 Å². The van der Waals surface area contributed by atoms with Crippen molar-refractivity contribution in [2.24, 2.45) is 0 Å². The Bertz CT molecular complexity index is 138. The molecule has 0 aromatic heterocycles. The van der Waals surface area contributed by atoms with E-state index in [2.05, 4.69) is 0 Å². The van der Waals surface area contributed by atoms with Crippen LogP contribution in [0.4, 0.5) is 0 Å². The van der Waals surface area contributed by atoms with Gasteiger partial charge in [0, 0.05) is 7.11 Å². The second kappa shape index (κ2) is 2.72. The minimum atomic E-state index is -0.163. The van der Waals surface area contributed by atoms with Crippen molar-refractivity contribution >= 4 is 0 Å². The van der Waals surface area contributed by atoms with Gasteiger partial charge in [-0.25, -0.2) is 0 Å². The summed E-state index contributed by atoms with van der Waals surface area (Å²) in [6, 6.07) is 0. The number of hydrogen-bond donors (Lipinski definition) is 0. The fraction of sp³-hybridized carbons (Fsp3) is 0.750. The number of ether oxygens (including phenoxy) is 2. The van der Waals surface area contributed by atoms with Crippen molar-refractivity contribution < 1.29 is 9.47 Å². The molecular weight excluding hydrogens is 128 g/mol. The third kappa shape index (κ3) is 1.39. The van der Waals surface area contributed by atoms with Crippen LogP contribution in [0.2, 0.25) is 0 Å². The van der Waals surface area contributed by atoms with Crippen LogP contribution in [0.25, 0.3) is 0 Å². The molecule has 1 atom stereocenters. The van der Waals surface area contributed by atoms with Crippen molar-refractivity contribution in [2.75, 3.05) is 13.7 Å². The molecule has 10 heavy (non-hydrogen) atoms. The van der Waals surface area contributed by atoms with Crippen LogP contribution in [0.5, 0.6) is 0 Å². The molecule has 1 rings (SSSR count). The molecular formula is C8H14O2. The van der Waals surface area contributed by atoms with E-state index in [4.69, 9.17) is 9.47 Å². The van der Waals surface area contributed by atoms with E-state index in [0.29, 0.717) is 6.61 Å². The zero-order valence-corrected chi connectivity index (χ0v) is 6.76. The zero-order chi connectivity index (χ0) is 7.61. The first-order chi connectivity index (χ1) is 4.67. The van der Waals surface area contributed by atoms with Gasteiger partial charge in [0.1, 0.15) is 6.10 Å². The van der Waals surface area contributed by atoms with Crippen LogP contribution in [0.3, 0.4) is 0 Å². The Kier molecular flexibility index (Phi) is 2.11. The van der Waals surface area contributed by atoms with Gasteiger partial charge in [0.2, 0.25) is 0 Å². The van der Waals surface area contributed by atoms with Crippen LogP contribution < -0.4 is 0 Å². The SMILES string of the molecule is CO[C@@H]1C=CCOC1(C)C. The van der Waals surface area contributed by atoms with Gasteiger partial charge >= 0.3 is 0 Å². The van der Waals surface area contributed by atoms with Gasteiger partial charge in [-0.05, 0) is 13.8 Å². The van der Waals surface area contributed by atoms with Crippen LogP contribution in [0.15, 0.2) is 12.2 Å². The number of rotatable bonds is 1. The highest BCUT2D eigenvalue weighted by molar-refractivity contribution is 5.02. The molecule has 0 saturated heterocycles. The van der Waals surface area contributed by atoms with Gasteiger partial charge in [-0.15, -0.1) is 0 Å². The zero-order valence-electron chi connectivity index (χ0n) is 6.76. The highest BCUT2D eigenvalue weighted by Crippen LogP contribution is 2.21. The molecule has 0 N–H and O–H groups in total. The molecule has 0 bridgehead atoms. The molecule has 0 aromatic carbocycles. The van der Waals surface area contributed by atoms with Crippen molar-refractivity contribution in [1.82, 2.24) is 0 Å². The Balaban J connectivity index is 2.66. The van der Waals surface area contributed by atoms with Crippen LogP contribution >= 0.6 is 0 Å². The quantitative estimate of drug-likeness (QED) is 0.515. The Morgan fingerprint density at radius 1 is 1.60 bits per heavy atom. The summed E-state index contributed by atoms with van der Waals surface area (Å²) in [5.74, 6) is 0. The summed E-state index contributed by atoms with van der Waals surface area (Å²) in [5.41, 5.74) is -0.163. The van der Waals surface area contributed by atoms with Crippen molar-refractivity contribution in [3.8, 4) is 0 Å². The van der Waals surface area contributed by atoms with E-state index < -0.39 is 0 Å². The molecule has 1 aliphatic heterocycles. The molecule has 0 amide bonds. The average Bonchev–Trinajstić information content (AvgIpc) is 1.87. The molecule has 1 aliphatic rings. The lowest BCUT2D eigenvalue weighted by Gasteiger charge is -2.33. The highest BCUT2D eigenvalue weighted by atomic mass is 16.5. The summed E-state index contributed by atoms with van der Waals surface area (Å²) in [6.45, 7) is 4.77. The van der Waals surface area contributed by atoms with Gasteiger partial charge in [-0.1, -0.05) is 12.2 Å². The standard InChI is InChI=1S/C8H14O2/c1-8(2)7(9-3)5-4-6-10-8/h4-5,7H,6H2,1-3H3/t7-/m1/s1. The summed E-state index contributed by atoms with van der Waals surface area (Å²) >= 11 is 0. The normalized spacial score (nSPS) is 30.5. The highest BCUT2D eigenvalue weighted by Gasteiger charge is 2.30. The predicted octanol–water partition coefficient (Wildman–Crippen LogP) is 1.37. The van der Waals surface area contributed by atoms with Gasteiger partial charge in [-0.2, -0.15) is 0 Å². The van der Waals surface area contributed by atoms with Crippen LogP contribution in [-0.4, -0.2) is 25.4 Å². The lowest BCUT2D eigenvalue weighted by molar-refractivity contribution is -0.0951. The maximum Gasteiger partial charge on any atom is 0.104 e. The summed E-state index contributed by atoms with van der Waals surface area (Å²) in [4.78, 5) is 0. The summed E-state index contributed by atoms with van der Waals surface area (Å²) in [6.07, 6.45) is 4.13. The fourth-order valence-corrected chi connectivity index (χ4v) is 1.12. The van der Waals surface area contributed by atoms with Crippen molar-refractivity contribution in [3.63, 3.8) is 0 Å². The van der Waals surface area contributed by atoms with Crippen LogP contribution in [0, 0.1) is 0 Å². The van der Waals surface area contributed by atoms with Gasteiger partial charge in [0.15, 0.2) is 0 Å². The summed E-state index contributed by atoms with van der Waals surface area (Å²) in [5, 5.41) is 0. The molecule has 0 aliphatic carbocycles. The minimum Gasteiger partial charge on any atom is -0.374 e.